The van der Waals surface area contributed by atoms with Gasteiger partial charge in [-0.05, 0) is 12.8 Å². The molecule has 0 unspecified atom stereocenters. The zero-order valence-corrected chi connectivity index (χ0v) is 10.0. The number of rotatable bonds is 4. The minimum absolute atomic E-state index is 0.0322. The van der Waals surface area contributed by atoms with Crippen molar-refractivity contribution in [2.45, 2.75) is 32.1 Å². The summed E-state index contributed by atoms with van der Waals surface area (Å²) in [5.74, 6) is -2.86. The molecular formula is C12H15F2N3O. The number of carbonyl (C=O) groups excluding carboxylic acids is 1. The lowest BCUT2D eigenvalue weighted by molar-refractivity contribution is -0.117. The van der Waals surface area contributed by atoms with Gasteiger partial charge < -0.3 is 11.1 Å². The van der Waals surface area contributed by atoms with E-state index in [1.807, 2.05) is 0 Å². The summed E-state index contributed by atoms with van der Waals surface area (Å²) in [6.07, 6.45) is 2.43. The smallest absolute Gasteiger partial charge is 0.276 e. The Morgan fingerprint density at radius 3 is 2.78 bits per heavy atom. The highest BCUT2D eigenvalue weighted by molar-refractivity contribution is 5.93. The molecule has 3 N–H and O–H groups in total. The molecule has 1 fully saturated rings. The average Bonchev–Trinajstić information content (AvgIpc) is 3.12. The number of anilines is 2. The van der Waals surface area contributed by atoms with E-state index in [0.717, 1.165) is 19.0 Å². The summed E-state index contributed by atoms with van der Waals surface area (Å²) in [5.41, 5.74) is 5.23. The molecule has 0 saturated heterocycles. The van der Waals surface area contributed by atoms with E-state index in [9.17, 15) is 13.6 Å². The van der Waals surface area contributed by atoms with Gasteiger partial charge in [-0.1, -0.05) is 6.92 Å². The van der Waals surface area contributed by atoms with Crippen molar-refractivity contribution in [3.05, 3.63) is 17.8 Å². The molecule has 2 rings (SSSR count). The largest absolute Gasteiger partial charge is 0.398 e. The molecule has 1 amide bonds. The van der Waals surface area contributed by atoms with Crippen LogP contribution in [0.15, 0.2) is 12.3 Å². The van der Waals surface area contributed by atoms with E-state index in [1.54, 1.807) is 0 Å². The number of nitrogens with one attached hydrogen (secondary N) is 1. The van der Waals surface area contributed by atoms with E-state index in [-0.39, 0.29) is 35.3 Å². The molecule has 98 valence electrons. The number of aromatic nitrogens is 1. The summed E-state index contributed by atoms with van der Waals surface area (Å²) in [6, 6.07) is 1.28. The predicted molar refractivity (Wildman–Crippen MR) is 64.2 cm³/mol. The number of hydrogen-bond donors (Lipinski definition) is 2. The molecule has 0 spiro atoms. The van der Waals surface area contributed by atoms with Crippen LogP contribution in [0.4, 0.5) is 20.3 Å². The van der Waals surface area contributed by atoms with Crippen molar-refractivity contribution in [1.82, 2.24) is 4.98 Å². The molecule has 0 aliphatic heterocycles. The van der Waals surface area contributed by atoms with Crippen LogP contribution in [0, 0.1) is 5.92 Å². The summed E-state index contributed by atoms with van der Waals surface area (Å²) in [6.45, 7) is 1.38. The first kappa shape index (κ1) is 12.7. The lowest BCUT2D eigenvalue weighted by Crippen LogP contribution is -2.17. The molecule has 6 heteroatoms. The molecule has 0 radical (unpaired) electrons. The van der Waals surface area contributed by atoms with E-state index in [4.69, 9.17) is 5.73 Å². The van der Waals surface area contributed by atoms with Gasteiger partial charge in [-0.3, -0.25) is 4.79 Å². The average molecular weight is 255 g/mol. The first-order chi connectivity index (χ1) is 8.44. The number of nitrogens with two attached hydrogens (primary N) is 1. The number of carbonyl (C=O) groups is 1. The summed E-state index contributed by atoms with van der Waals surface area (Å²) in [5, 5.41) is 2.57. The van der Waals surface area contributed by atoms with Crippen LogP contribution in [0.3, 0.4) is 0 Å². The Morgan fingerprint density at radius 2 is 2.28 bits per heavy atom. The first-order valence-corrected chi connectivity index (χ1v) is 5.88. The maximum atomic E-state index is 13.5. The van der Waals surface area contributed by atoms with Gasteiger partial charge in [-0.15, -0.1) is 0 Å². The van der Waals surface area contributed by atoms with E-state index in [0.29, 0.717) is 0 Å². The van der Waals surface area contributed by atoms with Crippen LogP contribution in [0.25, 0.3) is 0 Å². The second-order valence-electron chi connectivity index (χ2n) is 4.48. The van der Waals surface area contributed by atoms with Crippen molar-refractivity contribution in [3.63, 3.8) is 0 Å². The highest BCUT2D eigenvalue weighted by Crippen LogP contribution is 2.35. The maximum absolute atomic E-state index is 13.5. The van der Waals surface area contributed by atoms with Gasteiger partial charge in [-0.25, -0.2) is 13.8 Å². The summed E-state index contributed by atoms with van der Waals surface area (Å²) < 4.78 is 26.9. The van der Waals surface area contributed by atoms with Crippen molar-refractivity contribution in [2.75, 3.05) is 11.1 Å². The van der Waals surface area contributed by atoms with E-state index < -0.39 is 5.92 Å². The van der Waals surface area contributed by atoms with Gasteiger partial charge in [0.05, 0.1) is 5.56 Å². The maximum Gasteiger partial charge on any atom is 0.276 e. The highest BCUT2D eigenvalue weighted by Gasteiger charge is 2.33. The Hall–Kier alpha value is -1.72. The van der Waals surface area contributed by atoms with Crippen LogP contribution in [0.2, 0.25) is 0 Å². The molecule has 1 aromatic rings. The lowest BCUT2D eigenvalue weighted by Gasteiger charge is -2.16. The lowest BCUT2D eigenvalue weighted by atomic mass is 10.1. The normalized spacial score (nSPS) is 15.5. The monoisotopic (exact) mass is 255 g/mol. The minimum Gasteiger partial charge on any atom is -0.398 e. The van der Waals surface area contributed by atoms with Gasteiger partial charge in [0.2, 0.25) is 5.91 Å². The number of hydrogen-bond acceptors (Lipinski definition) is 3. The zero-order valence-electron chi connectivity index (χ0n) is 10.0. The molecule has 18 heavy (non-hydrogen) atoms. The van der Waals surface area contributed by atoms with Crippen LogP contribution in [0.5, 0.6) is 0 Å². The fraction of sp³-hybridized carbons (Fsp3) is 0.500. The quantitative estimate of drug-likeness (QED) is 0.868. The van der Waals surface area contributed by atoms with E-state index in [1.165, 1.54) is 13.0 Å². The van der Waals surface area contributed by atoms with Crippen LogP contribution < -0.4 is 11.1 Å². The molecule has 1 aliphatic rings. The molecule has 1 heterocycles. The van der Waals surface area contributed by atoms with Crippen LogP contribution in [-0.2, 0) is 10.7 Å². The van der Waals surface area contributed by atoms with Crippen molar-refractivity contribution < 1.29 is 13.6 Å². The van der Waals surface area contributed by atoms with Gasteiger partial charge in [0.25, 0.3) is 5.92 Å². The van der Waals surface area contributed by atoms with Crippen molar-refractivity contribution in [3.8, 4) is 0 Å². The molecule has 0 aromatic carbocycles. The summed E-state index contributed by atoms with van der Waals surface area (Å²) >= 11 is 0. The minimum atomic E-state index is -2.99. The van der Waals surface area contributed by atoms with Crippen molar-refractivity contribution >= 4 is 17.4 Å². The van der Waals surface area contributed by atoms with Crippen molar-refractivity contribution in [2.24, 2.45) is 5.92 Å². The topological polar surface area (TPSA) is 68.0 Å². The molecule has 0 atom stereocenters. The third-order valence-corrected chi connectivity index (χ3v) is 2.97. The SMILES string of the molecule is CCC(F)(F)c1cnc(NC(=O)C2CC2)cc1N. The second-order valence-corrected chi connectivity index (χ2v) is 4.48. The van der Waals surface area contributed by atoms with E-state index >= 15 is 0 Å². The Balaban J connectivity index is 2.16. The highest BCUT2D eigenvalue weighted by atomic mass is 19.3. The van der Waals surface area contributed by atoms with Gasteiger partial charge in [-0.2, -0.15) is 0 Å². The van der Waals surface area contributed by atoms with Gasteiger partial charge >= 0.3 is 0 Å². The van der Waals surface area contributed by atoms with Crippen LogP contribution in [0.1, 0.15) is 31.7 Å². The third kappa shape index (κ3) is 2.57. The van der Waals surface area contributed by atoms with Crippen LogP contribution in [-0.4, -0.2) is 10.9 Å². The first-order valence-electron chi connectivity index (χ1n) is 5.88. The number of nitrogens with zero attached hydrogens (tertiary/aromatic N) is 1. The molecule has 1 aliphatic carbocycles. The standard InChI is InChI=1S/C12H15F2N3O/c1-2-12(13,14)8-6-16-10(5-9(8)15)17-11(18)7-3-4-7/h5-7H,2-4H2,1H3,(H3,15,16,17,18). The second kappa shape index (κ2) is 4.51. The summed E-state index contributed by atoms with van der Waals surface area (Å²) in [7, 11) is 0. The van der Waals surface area contributed by atoms with Gasteiger partial charge in [0.15, 0.2) is 0 Å². The zero-order chi connectivity index (χ0) is 13.3. The Labute approximate surface area is 104 Å². The summed E-state index contributed by atoms with van der Waals surface area (Å²) in [4.78, 5) is 15.3. The van der Waals surface area contributed by atoms with Crippen molar-refractivity contribution in [1.29, 1.82) is 0 Å². The molecule has 1 saturated carbocycles. The van der Waals surface area contributed by atoms with Crippen LogP contribution >= 0.6 is 0 Å². The number of alkyl halides is 2. The molecule has 4 nitrogen and oxygen atoms in total. The Morgan fingerprint density at radius 1 is 1.61 bits per heavy atom. The Bertz CT molecular complexity index is 472. The molecule has 1 aromatic heterocycles. The van der Waals surface area contributed by atoms with E-state index in [2.05, 4.69) is 10.3 Å². The molecular weight excluding hydrogens is 240 g/mol. The fourth-order valence-corrected chi connectivity index (χ4v) is 1.61. The third-order valence-electron chi connectivity index (χ3n) is 2.97. The number of halogens is 2. The predicted octanol–water partition coefficient (Wildman–Crippen LogP) is 2.51. The number of pyridine rings is 1. The number of amides is 1. The van der Waals surface area contributed by atoms with Gasteiger partial charge in [0.1, 0.15) is 5.82 Å². The fourth-order valence-electron chi connectivity index (χ4n) is 1.61. The van der Waals surface area contributed by atoms with Gasteiger partial charge in [0, 0.05) is 30.3 Å². The number of nitrogen functional groups attached to an aromatic ring is 1. The molecule has 0 bridgehead atoms. The Kier molecular flexibility index (Phi) is 3.19.